The molecule has 0 spiro atoms. The van der Waals surface area contributed by atoms with Crippen LogP contribution in [0.3, 0.4) is 0 Å². The number of aromatic hydroxyl groups is 1. The predicted molar refractivity (Wildman–Crippen MR) is 70.4 cm³/mol. The van der Waals surface area contributed by atoms with Crippen LogP contribution in [0.25, 0.3) is 0 Å². The number of esters is 1. The molecule has 0 amide bonds. The monoisotopic (exact) mass is 254 g/mol. The highest BCUT2D eigenvalue weighted by atomic mass is 32.2. The van der Waals surface area contributed by atoms with Crippen molar-refractivity contribution in [2.24, 2.45) is 0 Å². The largest absolute Gasteiger partial charge is 0.507 e. The van der Waals surface area contributed by atoms with E-state index in [9.17, 15) is 9.90 Å². The fourth-order valence-electron chi connectivity index (χ4n) is 1.63. The Labute approximate surface area is 106 Å². The number of phenols is 1. The summed E-state index contributed by atoms with van der Waals surface area (Å²) in [6.07, 6.45) is 2.92. The molecule has 94 valence electrons. The average Bonchev–Trinajstić information content (AvgIpc) is 2.30. The van der Waals surface area contributed by atoms with Gasteiger partial charge < -0.3 is 9.84 Å². The zero-order valence-corrected chi connectivity index (χ0v) is 11.3. The molecule has 0 aromatic heterocycles. The minimum absolute atomic E-state index is 0.178. The van der Waals surface area contributed by atoms with Gasteiger partial charge in [0.1, 0.15) is 11.7 Å². The molecule has 1 rings (SSSR count). The van der Waals surface area contributed by atoms with E-state index >= 15 is 0 Å². The standard InChI is InChI=1S/C13H18O3S/c1-9-6-11(7-10(2)13(9)15)4-5-12(14)16-8-17-3/h6-7,15H,4-5,8H2,1-3H3. The lowest BCUT2D eigenvalue weighted by Crippen LogP contribution is -2.05. The highest BCUT2D eigenvalue weighted by Crippen LogP contribution is 2.23. The Bertz CT molecular complexity index is 379. The molecule has 3 nitrogen and oxygen atoms in total. The zero-order valence-electron chi connectivity index (χ0n) is 10.4. The third kappa shape index (κ3) is 4.30. The van der Waals surface area contributed by atoms with Crippen molar-refractivity contribution in [2.75, 3.05) is 12.2 Å². The molecule has 1 aromatic rings. The first-order chi connectivity index (χ1) is 8.04. The van der Waals surface area contributed by atoms with Gasteiger partial charge in [-0.1, -0.05) is 12.1 Å². The SMILES string of the molecule is CSCOC(=O)CCc1cc(C)c(O)c(C)c1. The van der Waals surface area contributed by atoms with Crippen molar-refractivity contribution in [1.82, 2.24) is 0 Å². The van der Waals surface area contributed by atoms with E-state index in [1.807, 2.05) is 32.2 Å². The van der Waals surface area contributed by atoms with Gasteiger partial charge in [-0.25, -0.2) is 0 Å². The maximum atomic E-state index is 11.3. The van der Waals surface area contributed by atoms with Crippen LogP contribution in [-0.4, -0.2) is 23.3 Å². The number of phenolic OH excluding ortho intramolecular Hbond substituents is 1. The van der Waals surface area contributed by atoms with Gasteiger partial charge in [-0.05, 0) is 43.2 Å². The Hall–Kier alpha value is -1.16. The van der Waals surface area contributed by atoms with Crippen molar-refractivity contribution in [3.8, 4) is 5.75 Å². The van der Waals surface area contributed by atoms with Gasteiger partial charge in [-0.15, -0.1) is 11.8 Å². The molecule has 1 aromatic carbocycles. The maximum Gasteiger partial charge on any atom is 0.306 e. The van der Waals surface area contributed by atoms with Crippen LogP contribution in [0, 0.1) is 13.8 Å². The molecule has 0 atom stereocenters. The normalized spacial score (nSPS) is 10.3. The molecule has 0 aliphatic rings. The van der Waals surface area contributed by atoms with E-state index in [4.69, 9.17) is 4.74 Å². The number of thioether (sulfide) groups is 1. The molecular formula is C13H18O3S. The van der Waals surface area contributed by atoms with Gasteiger partial charge >= 0.3 is 5.97 Å². The van der Waals surface area contributed by atoms with E-state index in [0.29, 0.717) is 24.5 Å². The number of carbonyl (C=O) groups is 1. The van der Waals surface area contributed by atoms with E-state index in [2.05, 4.69) is 0 Å². The fourth-order valence-corrected chi connectivity index (χ4v) is 1.88. The third-order valence-corrected chi connectivity index (χ3v) is 2.86. The second kappa shape index (κ2) is 6.55. The second-order valence-electron chi connectivity index (χ2n) is 4.00. The Morgan fingerprint density at radius 3 is 2.47 bits per heavy atom. The molecule has 4 heteroatoms. The molecular weight excluding hydrogens is 236 g/mol. The molecule has 0 heterocycles. The highest BCUT2D eigenvalue weighted by molar-refractivity contribution is 7.98. The second-order valence-corrected chi connectivity index (χ2v) is 4.81. The number of rotatable bonds is 5. The number of carbonyl (C=O) groups excluding carboxylic acids is 1. The minimum Gasteiger partial charge on any atom is -0.507 e. The van der Waals surface area contributed by atoms with Crippen LogP contribution >= 0.6 is 11.8 Å². The summed E-state index contributed by atoms with van der Waals surface area (Å²) in [6.45, 7) is 3.72. The lowest BCUT2D eigenvalue weighted by Gasteiger charge is -2.07. The molecule has 0 fully saturated rings. The van der Waals surface area contributed by atoms with Crippen LogP contribution in [0.4, 0.5) is 0 Å². The molecule has 1 N–H and O–H groups in total. The Morgan fingerprint density at radius 1 is 1.35 bits per heavy atom. The van der Waals surface area contributed by atoms with Crippen molar-refractivity contribution >= 4 is 17.7 Å². The fraction of sp³-hybridized carbons (Fsp3) is 0.462. The van der Waals surface area contributed by atoms with E-state index in [0.717, 1.165) is 16.7 Å². The number of benzene rings is 1. The molecule has 0 radical (unpaired) electrons. The first-order valence-corrected chi connectivity index (χ1v) is 6.87. The molecule has 17 heavy (non-hydrogen) atoms. The van der Waals surface area contributed by atoms with Crippen LogP contribution in [0.2, 0.25) is 0 Å². The highest BCUT2D eigenvalue weighted by Gasteiger charge is 2.06. The van der Waals surface area contributed by atoms with E-state index in [1.54, 1.807) is 0 Å². The van der Waals surface area contributed by atoms with Gasteiger partial charge in [0.25, 0.3) is 0 Å². The van der Waals surface area contributed by atoms with Gasteiger partial charge in [0.15, 0.2) is 0 Å². The number of aryl methyl sites for hydroxylation is 3. The van der Waals surface area contributed by atoms with Crippen LogP contribution < -0.4 is 0 Å². The summed E-state index contributed by atoms with van der Waals surface area (Å²) in [6, 6.07) is 3.81. The van der Waals surface area contributed by atoms with Crippen molar-refractivity contribution in [3.05, 3.63) is 28.8 Å². The molecule has 0 aliphatic carbocycles. The van der Waals surface area contributed by atoms with Gasteiger partial charge in [0.05, 0.1) is 0 Å². The minimum atomic E-state index is -0.178. The van der Waals surface area contributed by atoms with Crippen LogP contribution in [0.1, 0.15) is 23.1 Å². The van der Waals surface area contributed by atoms with Crippen LogP contribution in [0.5, 0.6) is 5.75 Å². The predicted octanol–water partition coefficient (Wildman–Crippen LogP) is 2.81. The lowest BCUT2D eigenvalue weighted by atomic mass is 10.0. The van der Waals surface area contributed by atoms with Crippen molar-refractivity contribution in [1.29, 1.82) is 0 Å². The lowest BCUT2D eigenvalue weighted by molar-refractivity contribution is -0.141. The molecule has 0 saturated carbocycles. The topological polar surface area (TPSA) is 46.5 Å². The average molecular weight is 254 g/mol. The van der Waals surface area contributed by atoms with E-state index < -0.39 is 0 Å². The van der Waals surface area contributed by atoms with Crippen molar-refractivity contribution < 1.29 is 14.6 Å². The number of hydrogen-bond donors (Lipinski definition) is 1. The summed E-state index contributed by atoms with van der Waals surface area (Å²) >= 11 is 1.48. The molecule has 0 unspecified atom stereocenters. The quantitative estimate of drug-likeness (QED) is 0.648. The summed E-state index contributed by atoms with van der Waals surface area (Å²) in [5, 5.41) is 9.63. The van der Waals surface area contributed by atoms with Gasteiger partial charge in [0.2, 0.25) is 0 Å². The Kier molecular flexibility index (Phi) is 5.35. The van der Waals surface area contributed by atoms with E-state index in [-0.39, 0.29) is 5.97 Å². The van der Waals surface area contributed by atoms with Crippen LogP contribution in [-0.2, 0) is 16.0 Å². The Morgan fingerprint density at radius 2 is 1.94 bits per heavy atom. The zero-order chi connectivity index (χ0) is 12.8. The van der Waals surface area contributed by atoms with Gasteiger partial charge in [0, 0.05) is 6.42 Å². The first kappa shape index (κ1) is 13.9. The summed E-state index contributed by atoms with van der Waals surface area (Å²) in [7, 11) is 0. The summed E-state index contributed by atoms with van der Waals surface area (Å²) in [5.74, 6) is 0.563. The molecule has 0 bridgehead atoms. The van der Waals surface area contributed by atoms with Gasteiger partial charge in [-0.2, -0.15) is 0 Å². The first-order valence-electron chi connectivity index (χ1n) is 5.48. The molecule has 0 aliphatic heterocycles. The molecule has 0 saturated heterocycles. The maximum absolute atomic E-state index is 11.3. The van der Waals surface area contributed by atoms with Crippen LogP contribution in [0.15, 0.2) is 12.1 Å². The summed E-state index contributed by atoms with van der Waals surface area (Å²) < 4.78 is 4.97. The van der Waals surface area contributed by atoms with Crippen molar-refractivity contribution in [2.45, 2.75) is 26.7 Å². The number of hydrogen-bond acceptors (Lipinski definition) is 4. The number of ether oxygens (including phenoxy) is 1. The van der Waals surface area contributed by atoms with E-state index in [1.165, 1.54) is 11.8 Å². The third-order valence-electron chi connectivity index (χ3n) is 2.51. The van der Waals surface area contributed by atoms with Gasteiger partial charge in [-0.3, -0.25) is 4.79 Å². The summed E-state index contributed by atoms with van der Waals surface area (Å²) in [4.78, 5) is 11.3. The Balaban J connectivity index is 2.55. The summed E-state index contributed by atoms with van der Waals surface area (Å²) in [5.41, 5.74) is 2.74. The van der Waals surface area contributed by atoms with Crippen molar-refractivity contribution in [3.63, 3.8) is 0 Å². The smallest absolute Gasteiger partial charge is 0.306 e.